The molecule has 138 heavy (non-hydrogen) atoms. The quantitative estimate of drug-likeness (QED) is 0.0315. The van der Waals surface area contributed by atoms with E-state index in [1.807, 2.05) is 170 Å². The van der Waals surface area contributed by atoms with Crippen molar-refractivity contribution in [2.75, 3.05) is 9.80 Å². The molecule has 0 bridgehead atoms. The van der Waals surface area contributed by atoms with E-state index in [-0.39, 0.29) is 88.6 Å². The maximum atomic E-state index is 17.0. The molecule has 0 saturated carbocycles. The maximum Gasteiger partial charge on any atom is 0.266 e. The zero-order chi connectivity index (χ0) is 97.2. The summed E-state index contributed by atoms with van der Waals surface area (Å²) in [6, 6.07) is 85.0. The Morgan fingerprint density at radius 1 is 0.225 bits per heavy atom. The van der Waals surface area contributed by atoms with E-state index < -0.39 is 23.6 Å². The van der Waals surface area contributed by atoms with Gasteiger partial charge < -0.3 is 18.9 Å². The van der Waals surface area contributed by atoms with Gasteiger partial charge in [-0.15, -0.1) is 0 Å². The third-order valence-corrected chi connectivity index (χ3v) is 26.5. The van der Waals surface area contributed by atoms with Crippen molar-refractivity contribution in [1.82, 2.24) is 29.9 Å². The van der Waals surface area contributed by atoms with Gasteiger partial charge in [0.25, 0.3) is 23.6 Å². The lowest BCUT2D eigenvalue weighted by Crippen LogP contribution is -2.40. The predicted octanol–water partition coefficient (Wildman–Crippen LogP) is 31.7. The normalized spacial score (nSPS) is 13.5. The minimum Gasteiger partial charge on any atom is -0.457 e. The van der Waals surface area contributed by atoms with E-state index in [1.54, 1.807) is 73.3 Å². The number of rotatable bonds is 24. The second-order valence-corrected chi connectivity index (χ2v) is 44.8. The van der Waals surface area contributed by atoms with Crippen molar-refractivity contribution in [3.8, 4) is 114 Å². The van der Waals surface area contributed by atoms with Crippen molar-refractivity contribution in [1.29, 1.82) is 0 Å². The number of hydrogen-bond acceptors (Lipinski definition) is 14. The number of imide groups is 2. The van der Waals surface area contributed by atoms with Crippen LogP contribution in [0.4, 0.5) is 11.4 Å². The SMILES string of the molecule is CC(C)(C)CC(C)(C)c1ccc(Oc2cc3c4c(cc(Oc5ccc(C(C)(C)CC(C)(C)C)cc5)c5c6c(Oc7ccc(C(C)(C)CC(C)(C)C)cc7)cc7c8c(cc(Oc9ccc(C(C)(C)CC(C)(C)C)cc9)c(c2c45)c86)C(=O)N(c2ccc(-c4cc(-c5ccccn5)nc(-c5ccccn5)c4)cc2)C7=O)C(=O)N(c2ccc(-c4cc(-c5ccccn5)nc(-c5ccccn5)c4)cc2)C3=O)cc1. The summed E-state index contributed by atoms with van der Waals surface area (Å²) >= 11 is 0. The lowest BCUT2D eigenvalue weighted by Gasteiger charge is -2.33. The van der Waals surface area contributed by atoms with Gasteiger partial charge in [-0.05, 0) is 283 Å². The summed E-state index contributed by atoms with van der Waals surface area (Å²) < 4.78 is 30.7. The maximum absolute atomic E-state index is 17.0. The van der Waals surface area contributed by atoms with E-state index in [2.05, 4.69) is 187 Å². The predicted molar refractivity (Wildman–Crippen MR) is 557 cm³/mol. The summed E-state index contributed by atoms with van der Waals surface area (Å²) in [6.07, 6.45) is 10.5. The Balaban J connectivity index is 0.894. The summed E-state index contributed by atoms with van der Waals surface area (Å²) in [7, 11) is 0. The molecule has 17 aromatic rings. The fraction of sp³-hybridized carbons (Fsp3) is 0.262. The molecule has 0 unspecified atom stereocenters. The molecule has 0 fully saturated rings. The number of carbonyl (C=O) groups excluding carboxylic acids is 4. The molecule has 0 spiro atoms. The topological polar surface area (TPSA) is 189 Å². The van der Waals surface area contributed by atoms with Crippen LogP contribution in [-0.4, -0.2) is 53.5 Å². The summed E-state index contributed by atoms with van der Waals surface area (Å²) in [6.45, 7) is 45.0. The fourth-order valence-electron chi connectivity index (χ4n) is 22.0. The molecule has 0 radical (unpaired) electrons. The van der Waals surface area contributed by atoms with Crippen molar-refractivity contribution in [3.63, 3.8) is 0 Å². The third-order valence-electron chi connectivity index (χ3n) is 26.5. The molecule has 6 aromatic heterocycles. The summed E-state index contributed by atoms with van der Waals surface area (Å²) in [5, 5.41) is 2.89. The largest absolute Gasteiger partial charge is 0.457 e. The molecular formula is C122H116N8O8. The summed E-state index contributed by atoms with van der Waals surface area (Å²) in [5.74, 6) is -0.0764. The first-order valence-corrected chi connectivity index (χ1v) is 47.6. The van der Waals surface area contributed by atoms with Gasteiger partial charge in [0.2, 0.25) is 0 Å². The van der Waals surface area contributed by atoms with Crippen LogP contribution in [0.3, 0.4) is 0 Å². The Bertz CT molecular complexity index is 6760. The average molecular weight is 1820 g/mol. The van der Waals surface area contributed by atoms with Crippen LogP contribution in [0.5, 0.6) is 46.0 Å². The molecule has 11 aromatic carbocycles. The van der Waals surface area contributed by atoms with Gasteiger partial charge >= 0.3 is 0 Å². The molecule has 16 heteroatoms. The van der Waals surface area contributed by atoms with E-state index in [1.165, 1.54) is 9.80 Å². The Kier molecular flexibility index (Phi) is 23.2. The highest BCUT2D eigenvalue weighted by molar-refractivity contribution is 6.48. The van der Waals surface area contributed by atoms with Crippen molar-refractivity contribution in [2.45, 2.75) is 186 Å². The Hall–Kier alpha value is -14.9. The lowest BCUT2D eigenvalue weighted by atomic mass is 9.72. The van der Waals surface area contributed by atoms with Crippen molar-refractivity contribution in [3.05, 3.63) is 336 Å². The first-order chi connectivity index (χ1) is 65.5. The summed E-state index contributed by atoms with van der Waals surface area (Å²) in [4.78, 5) is 99.4. The Morgan fingerprint density at radius 2 is 0.442 bits per heavy atom. The molecule has 0 saturated heterocycles. The molecule has 0 atom stereocenters. The zero-order valence-corrected chi connectivity index (χ0v) is 82.4. The van der Waals surface area contributed by atoms with Crippen LogP contribution < -0.4 is 28.7 Å². The highest BCUT2D eigenvalue weighted by Gasteiger charge is 2.44. The van der Waals surface area contributed by atoms with Crippen molar-refractivity contribution in [2.24, 2.45) is 21.7 Å². The van der Waals surface area contributed by atoms with Crippen molar-refractivity contribution >= 4 is 78.1 Å². The molecule has 19 rings (SSSR count). The monoisotopic (exact) mass is 1820 g/mol. The van der Waals surface area contributed by atoms with Crippen LogP contribution in [0.15, 0.2) is 292 Å². The van der Waals surface area contributed by atoms with Gasteiger partial charge in [0.1, 0.15) is 46.0 Å². The van der Waals surface area contributed by atoms with E-state index in [0.29, 0.717) is 123 Å². The molecule has 16 nitrogen and oxygen atoms in total. The lowest BCUT2D eigenvalue weighted by molar-refractivity contribution is 0.0877. The van der Waals surface area contributed by atoms with Gasteiger partial charge in [-0.2, -0.15) is 0 Å². The molecular weight excluding hydrogens is 1710 g/mol. The van der Waals surface area contributed by atoms with Gasteiger partial charge in [0.05, 0.1) is 79.2 Å². The van der Waals surface area contributed by atoms with Gasteiger partial charge in [-0.1, -0.05) is 236 Å². The first-order valence-electron chi connectivity index (χ1n) is 47.6. The van der Waals surface area contributed by atoms with Crippen LogP contribution in [0, 0.1) is 21.7 Å². The van der Waals surface area contributed by atoms with Crippen LogP contribution in [0.25, 0.3) is 111 Å². The van der Waals surface area contributed by atoms with Crippen LogP contribution in [0.2, 0.25) is 0 Å². The van der Waals surface area contributed by atoms with E-state index in [0.717, 1.165) is 70.2 Å². The third kappa shape index (κ3) is 18.3. The number of fused-ring (bicyclic) bond motifs is 2. The number of carbonyl (C=O) groups is 4. The van der Waals surface area contributed by atoms with E-state index in [4.69, 9.17) is 48.9 Å². The number of anilines is 2. The first kappa shape index (κ1) is 92.2. The fourth-order valence-corrected chi connectivity index (χ4v) is 22.0. The minimum atomic E-state index is -0.635. The standard InChI is InChI=1S/C122H116N8O8/c1-115(2,3)69-119(13,14)77-37-49-83(50-38-77)135-99-65-87-103-88(112(132)129(111(87)131)81-45-33-73(34-46-81)75-61-95(91-29-21-25-57-123-91)127-96(62-75)92-30-22-26-58-124-92)67-101(137-85-53-41-79(42-54-85)121(17,18)71-117(7,8)9)107-108-102(138-86-55-43-80(44-56-86)122(19,20)72-118(10,11)12)68-90-104-89(66-100(106(110(104)108)105(99)109(103)107)136-84-51-39-78(40-52-84)120(15,16)70-116(4,5)6)113(133)130(114(90)134)82-47-35-74(36-48-82)76-63-97(93-31-23-27-59-125-93)128-98(64-76)94-32-24-28-60-126-94/h21-68H,69-72H2,1-20H3. The average Bonchev–Trinajstić information content (AvgIpc) is 0.668. The Morgan fingerprint density at radius 3 is 0.638 bits per heavy atom. The number of amides is 4. The molecule has 692 valence electrons. The van der Waals surface area contributed by atoms with Crippen LogP contribution in [0.1, 0.15) is 228 Å². The second kappa shape index (κ2) is 34.7. The highest BCUT2D eigenvalue weighted by Crippen LogP contribution is 2.60. The molecule has 0 N–H and O–H groups in total. The zero-order valence-electron chi connectivity index (χ0n) is 82.4. The number of aromatic nitrogens is 6. The number of ether oxygens (including phenoxy) is 4. The minimum absolute atomic E-state index is 0.0161. The molecule has 2 aliphatic rings. The number of hydrogen-bond donors (Lipinski definition) is 0. The van der Waals surface area contributed by atoms with E-state index in [9.17, 15) is 0 Å². The second-order valence-electron chi connectivity index (χ2n) is 44.8. The van der Waals surface area contributed by atoms with Crippen LogP contribution in [-0.2, 0) is 21.7 Å². The van der Waals surface area contributed by atoms with E-state index >= 15 is 19.2 Å². The number of pyridine rings is 6. The Labute approximate surface area is 808 Å². The smallest absolute Gasteiger partial charge is 0.266 e. The highest BCUT2D eigenvalue weighted by atomic mass is 16.5. The van der Waals surface area contributed by atoms with Gasteiger partial charge in [0.15, 0.2) is 0 Å². The van der Waals surface area contributed by atoms with Crippen molar-refractivity contribution < 1.29 is 38.1 Å². The van der Waals surface area contributed by atoms with Gasteiger partial charge in [-0.25, -0.2) is 19.8 Å². The molecule has 2 aliphatic heterocycles. The molecule has 0 aliphatic carbocycles. The number of nitrogens with zero attached hydrogens (tertiary/aromatic N) is 8. The van der Waals surface area contributed by atoms with Gasteiger partial charge in [0, 0.05) is 67.9 Å². The molecule has 4 amide bonds. The van der Waals surface area contributed by atoms with Gasteiger partial charge in [-0.3, -0.25) is 39.1 Å². The molecule has 8 heterocycles. The summed E-state index contributed by atoms with van der Waals surface area (Å²) in [5.41, 5.74) is 12.7. The number of benzene rings is 11. The van der Waals surface area contributed by atoms with Crippen LogP contribution >= 0.6 is 0 Å².